The lowest BCUT2D eigenvalue weighted by Gasteiger charge is -2.27. The fraction of sp³-hybridized carbons (Fsp3) is 0.286. The molecule has 174 valence electrons. The standard InChI is InChI=1S/C28H28N2O3S/c1-19-11-14-22(15-12-19)29-27(31)21-13-16-26-24(17-21)30(18-20-7-3-2-4-8-20)28(32)23-9-5-6-10-25(23)34(26)33/h2-10,13,16-17,19,22H,11-12,14-15,18H2,1H3,(H,29,31)/t19?,22?,34-/m0/s1. The highest BCUT2D eigenvalue weighted by Gasteiger charge is 2.32. The number of carbonyl (C=O) groups is 2. The van der Waals surface area contributed by atoms with Gasteiger partial charge in [-0.05, 0) is 67.5 Å². The molecule has 1 aliphatic heterocycles. The van der Waals surface area contributed by atoms with Crippen LogP contribution in [0.5, 0.6) is 0 Å². The topological polar surface area (TPSA) is 66.5 Å². The van der Waals surface area contributed by atoms with Crippen molar-refractivity contribution < 1.29 is 13.8 Å². The molecule has 5 nitrogen and oxygen atoms in total. The monoisotopic (exact) mass is 472 g/mol. The Hall–Kier alpha value is -3.25. The molecule has 1 fully saturated rings. The molecular weight excluding hydrogens is 444 g/mol. The number of rotatable bonds is 4. The number of benzene rings is 3. The van der Waals surface area contributed by atoms with Gasteiger partial charge in [0.1, 0.15) is 0 Å². The lowest BCUT2D eigenvalue weighted by Crippen LogP contribution is -2.37. The maximum Gasteiger partial charge on any atom is 0.259 e. The Morgan fingerprint density at radius 2 is 1.65 bits per heavy atom. The molecule has 3 aromatic carbocycles. The van der Waals surface area contributed by atoms with E-state index in [1.165, 1.54) is 0 Å². The summed E-state index contributed by atoms with van der Waals surface area (Å²) in [5.41, 5.74) is 2.38. The van der Waals surface area contributed by atoms with Crippen molar-refractivity contribution >= 4 is 28.3 Å². The van der Waals surface area contributed by atoms with Crippen LogP contribution in [-0.4, -0.2) is 22.1 Å². The summed E-state index contributed by atoms with van der Waals surface area (Å²) in [4.78, 5) is 29.5. The number of hydrogen-bond donors (Lipinski definition) is 1. The number of hydrogen-bond acceptors (Lipinski definition) is 3. The van der Waals surface area contributed by atoms with E-state index >= 15 is 0 Å². The maximum atomic E-state index is 13.7. The van der Waals surface area contributed by atoms with Crippen LogP contribution in [0.4, 0.5) is 5.69 Å². The summed E-state index contributed by atoms with van der Waals surface area (Å²) in [5, 5.41) is 3.16. The fourth-order valence-corrected chi connectivity index (χ4v) is 6.15. The van der Waals surface area contributed by atoms with E-state index in [0.29, 0.717) is 39.1 Å². The molecule has 0 spiro atoms. The average Bonchev–Trinajstić information content (AvgIpc) is 2.95. The van der Waals surface area contributed by atoms with E-state index in [1.54, 1.807) is 47.4 Å². The van der Waals surface area contributed by atoms with Crippen LogP contribution in [0.15, 0.2) is 82.6 Å². The zero-order valence-corrected chi connectivity index (χ0v) is 20.0. The molecule has 0 bridgehead atoms. The second-order valence-corrected chi connectivity index (χ2v) is 10.7. The largest absolute Gasteiger partial charge is 0.349 e. The van der Waals surface area contributed by atoms with E-state index in [4.69, 9.17) is 0 Å². The van der Waals surface area contributed by atoms with Gasteiger partial charge in [0.2, 0.25) is 0 Å². The zero-order valence-electron chi connectivity index (χ0n) is 19.2. The van der Waals surface area contributed by atoms with Gasteiger partial charge in [0.15, 0.2) is 0 Å². The first kappa shape index (κ1) is 22.5. The Balaban J connectivity index is 1.53. The molecule has 0 unspecified atom stereocenters. The van der Waals surface area contributed by atoms with Crippen LogP contribution in [-0.2, 0) is 17.3 Å². The SMILES string of the molecule is CC1CCC(NC(=O)c2ccc3c(c2)N(Cc2ccccc2)C(=O)c2ccccc2[S@@]3=O)CC1. The van der Waals surface area contributed by atoms with Gasteiger partial charge in [0, 0.05) is 11.6 Å². The van der Waals surface area contributed by atoms with E-state index in [2.05, 4.69) is 12.2 Å². The molecule has 5 rings (SSSR count). The van der Waals surface area contributed by atoms with Crippen LogP contribution in [0, 0.1) is 5.92 Å². The lowest BCUT2D eigenvalue weighted by molar-refractivity contribution is 0.0921. The van der Waals surface area contributed by atoms with E-state index in [0.717, 1.165) is 31.2 Å². The highest BCUT2D eigenvalue weighted by Crippen LogP contribution is 2.36. The van der Waals surface area contributed by atoms with Crippen LogP contribution in [0.3, 0.4) is 0 Å². The van der Waals surface area contributed by atoms with Gasteiger partial charge in [0.25, 0.3) is 11.8 Å². The molecule has 0 aromatic heterocycles. The minimum atomic E-state index is -1.53. The molecule has 1 heterocycles. The highest BCUT2D eigenvalue weighted by atomic mass is 32.2. The normalized spacial score (nSPS) is 21.9. The van der Waals surface area contributed by atoms with Crippen LogP contribution in [0.2, 0.25) is 0 Å². The second-order valence-electron chi connectivity index (χ2n) is 9.25. The first-order valence-electron chi connectivity index (χ1n) is 11.8. The predicted molar refractivity (Wildman–Crippen MR) is 133 cm³/mol. The first-order valence-corrected chi connectivity index (χ1v) is 13.0. The van der Waals surface area contributed by atoms with Gasteiger partial charge in [-0.3, -0.25) is 9.59 Å². The molecule has 2 aliphatic rings. The maximum absolute atomic E-state index is 13.7. The summed E-state index contributed by atoms with van der Waals surface area (Å²) in [7, 11) is -1.53. The van der Waals surface area contributed by atoms with Crippen LogP contribution >= 0.6 is 0 Å². The number of nitrogens with zero attached hydrogens (tertiary/aromatic N) is 1. The lowest BCUT2D eigenvalue weighted by atomic mass is 9.87. The van der Waals surface area contributed by atoms with Gasteiger partial charge in [-0.1, -0.05) is 49.4 Å². The van der Waals surface area contributed by atoms with Crippen molar-refractivity contribution in [3.05, 3.63) is 89.5 Å². The molecular formula is C28H28N2O3S. The average molecular weight is 473 g/mol. The summed E-state index contributed by atoms with van der Waals surface area (Å²) in [5.74, 6) is 0.335. The van der Waals surface area contributed by atoms with Crippen molar-refractivity contribution in [2.45, 2.75) is 55.0 Å². The molecule has 1 aliphatic carbocycles. The van der Waals surface area contributed by atoms with Crippen molar-refractivity contribution in [1.82, 2.24) is 5.32 Å². The molecule has 1 atom stereocenters. The number of anilines is 1. The molecule has 0 radical (unpaired) electrons. The quantitative estimate of drug-likeness (QED) is 0.559. The second kappa shape index (κ2) is 9.55. The Morgan fingerprint density at radius 1 is 0.941 bits per heavy atom. The van der Waals surface area contributed by atoms with E-state index in [1.807, 2.05) is 30.3 Å². The smallest absolute Gasteiger partial charge is 0.259 e. The predicted octanol–water partition coefficient (Wildman–Crippen LogP) is 5.32. The summed E-state index contributed by atoms with van der Waals surface area (Å²) in [6.45, 7) is 2.57. The molecule has 34 heavy (non-hydrogen) atoms. The van der Waals surface area contributed by atoms with E-state index in [9.17, 15) is 13.8 Å². The van der Waals surface area contributed by atoms with Crippen molar-refractivity contribution in [1.29, 1.82) is 0 Å². The summed E-state index contributed by atoms with van der Waals surface area (Å²) >= 11 is 0. The van der Waals surface area contributed by atoms with E-state index in [-0.39, 0.29) is 17.9 Å². The van der Waals surface area contributed by atoms with Gasteiger partial charge >= 0.3 is 0 Å². The van der Waals surface area contributed by atoms with Crippen LogP contribution in [0.1, 0.15) is 58.9 Å². The fourth-order valence-electron chi connectivity index (χ4n) is 4.80. The molecule has 2 amide bonds. The van der Waals surface area contributed by atoms with Crippen molar-refractivity contribution in [3.8, 4) is 0 Å². The van der Waals surface area contributed by atoms with E-state index < -0.39 is 10.8 Å². The number of amides is 2. The molecule has 1 saturated carbocycles. The molecule has 1 N–H and O–H groups in total. The first-order chi connectivity index (χ1) is 16.5. The Bertz CT molecular complexity index is 1250. The molecule has 3 aromatic rings. The van der Waals surface area contributed by atoms with Crippen molar-refractivity contribution in [2.75, 3.05) is 4.90 Å². The Morgan fingerprint density at radius 3 is 2.41 bits per heavy atom. The van der Waals surface area contributed by atoms with Gasteiger partial charge in [-0.25, -0.2) is 4.21 Å². The third-order valence-electron chi connectivity index (χ3n) is 6.81. The van der Waals surface area contributed by atoms with Crippen LogP contribution in [0.25, 0.3) is 0 Å². The van der Waals surface area contributed by atoms with Crippen LogP contribution < -0.4 is 10.2 Å². The number of fused-ring (bicyclic) bond motifs is 2. The minimum absolute atomic E-state index is 0.151. The van der Waals surface area contributed by atoms with Gasteiger partial charge < -0.3 is 10.2 Å². The summed E-state index contributed by atoms with van der Waals surface area (Å²) in [6, 6.07) is 22.1. The van der Waals surface area contributed by atoms with Gasteiger partial charge in [-0.2, -0.15) is 0 Å². The number of carbonyl (C=O) groups excluding carboxylic acids is 2. The Labute approximate surface area is 202 Å². The third kappa shape index (κ3) is 4.42. The minimum Gasteiger partial charge on any atom is -0.349 e. The molecule has 0 saturated heterocycles. The highest BCUT2D eigenvalue weighted by molar-refractivity contribution is 7.85. The zero-order chi connectivity index (χ0) is 23.7. The number of nitrogens with one attached hydrogen (secondary N) is 1. The third-order valence-corrected chi connectivity index (χ3v) is 8.31. The van der Waals surface area contributed by atoms with Crippen molar-refractivity contribution in [3.63, 3.8) is 0 Å². The van der Waals surface area contributed by atoms with Gasteiger partial charge in [-0.15, -0.1) is 0 Å². The summed E-state index contributed by atoms with van der Waals surface area (Å²) in [6.07, 6.45) is 4.20. The molecule has 6 heteroatoms. The summed E-state index contributed by atoms with van der Waals surface area (Å²) < 4.78 is 13.5. The van der Waals surface area contributed by atoms with Crippen molar-refractivity contribution in [2.24, 2.45) is 5.92 Å². The van der Waals surface area contributed by atoms with Gasteiger partial charge in [0.05, 0.1) is 38.4 Å². The Kier molecular flexibility index (Phi) is 6.33.